The normalized spacial score (nSPS) is 14.3. The summed E-state index contributed by atoms with van der Waals surface area (Å²) in [7, 11) is 0. The van der Waals surface area contributed by atoms with Crippen molar-refractivity contribution < 1.29 is 5.11 Å². The first-order chi connectivity index (χ1) is 9.38. The van der Waals surface area contributed by atoms with Gasteiger partial charge < -0.3 is 5.11 Å². The van der Waals surface area contributed by atoms with Gasteiger partial charge in [-0.3, -0.25) is 0 Å². The van der Waals surface area contributed by atoms with Gasteiger partial charge in [0.15, 0.2) is 0 Å². The summed E-state index contributed by atoms with van der Waals surface area (Å²) in [5, 5.41) is 15.5. The maximum absolute atomic E-state index is 10.6. The third-order valence-corrected chi connectivity index (χ3v) is 3.64. The SMILES string of the molecule is CC(C)(C)[C@H](O)[C@H](Cc1ccc(Cl)cc1)n1cncn1.[No]. The van der Waals surface area contributed by atoms with Gasteiger partial charge in [-0.1, -0.05) is 44.5 Å². The fourth-order valence-electron chi connectivity index (χ4n) is 2.18. The number of benzene rings is 1. The Labute approximate surface area is 124 Å². The molecule has 0 spiro atoms. The molecule has 4 nitrogen and oxygen atoms in total. The smallest absolute Gasteiger partial charge is 0.137 e. The topological polar surface area (TPSA) is 50.9 Å². The second kappa shape index (κ2) is 6.37. The van der Waals surface area contributed by atoms with E-state index in [2.05, 4.69) is 10.1 Å². The largest absolute Gasteiger partial charge is 0.390 e. The summed E-state index contributed by atoms with van der Waals surface area (Å²) < 4.78 is 1.73. The number of aromatic nitrogens is 3. The van der Waals surface area contributed by atoms with Crippen LogP contribution in [0, 0.1) is 5.41 Å². The van der Waals surface area contributed by atoms with Crippen LogP contribution in [0.25, 0.3) is 0 Å². The zero-order chi connectivity index (χ0) is 14.8. The zero-order valence-corrected chi connectivity index (χ0v) is 15.2. The molecule has 0 radical (unpaired) electrons. The minimum Gasteiger partial charge on any atom is -0.390 e. The van der Waals surface area contributed by atoms with Crippen LogP contribution < -0.4 is 0 Å². The fraction of sp³-hybridized carbons (Fsp3) is 0.467. The van der Waals surface area contributed by atoms with Crippen LogP contribution in [-0.2, 0) is 6.42 Å². The molecule has 0 unspecified atom stereocenters. The van der Waals surface area contributed by atoms with Crippen LogP contribution in [0.2, 0.25) is 5.02 Å². The molecule has 2 atom stereocenters. The van der Waals surface area contributed by atoms with Crippen molar-refractivity contribution in [3.05, 3.63) is 47.5 Å². The molecule has 1 heterocycles. The van der Waals surface area contributed by atoms with Crippen molar-refractivity contribution in [1.29, 1.82) is 0 Å². The Kier molecular flexibility index (Phi) is 5.06. The third-order valence-electron chi connectivity index (χ3n) is 3.39. The van der Waals surface area contributed by atoms with Gasteiger partial charge in [-0.15, -0.1) is 0 Å². The van der Waals surface area contributed by atoms with Crippen LogP contribution in [-0.4, -0.2) is 26.0 Å². The molecule has 0 amide bonds. The van der Waals surface area contributed by atoms with Gasteiger partial charge in [-0.25, -0.2) is 9.67 Å². The molecule has 122 valence electrons. The van der Waals surface area contributed by atoms with Crippen molar-refractivity contribution in [2.24, 2.45) is 5.41 Å². The van der Waals surface area contributed by atoms with Crippen LogP contribution in [0.3, 0.4) is 0 Å². The van der Waals surface area contributed by atoms with E-state index in [1.54, 1.807) is 11.0 Å². The van der Waals surface area contributed by atoms with Crippen LogP contribution in [0.15, 0.2) is 36.9 Å². The van der Waals surface area contributed by atoms with E-state index >= 15 is 0 Å². The Balaban J connectivity index is 0.00000220. The number of hydrogen-bond acceptors (Lipinski definition) is 3. The minimum absolute atomic E-state index is 0. The molecule has 0 saturated heterocycles. The van der Waals surface area contributed by atoms with Crippen molar-refractivity contribution in [1.82, 2.24) is 14.8 Å². The van der Waals surface area contributed by atoms with Gasteiger partial charge in [-0.2, -0.15) is 5.10 Å². The first-order valence-corrected chi connectivity index (χ1v) is 7.02. The number of rotatable bonds is 4. The Morgan fingerprint density at radius 2 is 1.86 bits per heavy atom. The molecule has 0 aliphatic carbocycles. The van der Waals surface area contributed by atoms with E-state index in [1.165, 1.54) is 6.33 Å². The van der Waals surface area contributed by atoms with Crippen LogP contribution in [0.5, 0.6) is 0 Å². The summed E-state index contributed by atoms with van der Waals surface area (Å²) in [6.07, 6.45) is 3.29. The van der Waals surface area contributed by atoms with E-state index < -0.39 is 6.10 Å². The molecular formula is C15H20ClN3NoO. The maximum Gasteiger partial charge on any atom is 0.137 e. The van der Waals surface area contributed by atoms with Gasteiger partial charge in [-0.05, 0) is 29.5 Å². The van der Waals surface area contributed by atoms with E-state index in [1.807, 2.05) is 45.0 Å². The van der Waals surface area contributed by atoms with E-state index in [0.717, 1.165) is 5.56 Å². The Morgan fingerprint density at radius 3 is 2.33 bits per heavy atom. The van der Waals surface area contributed by atoms with Gasteiger partial charge in [0.25, 0.3) is 0 Å². The minimum atomic E-state index is -0.528. The molecule has 1 aromatic carbocycles. The zero-order valence-electron chi connectivity index (χ0n) is 12.3. The molecule has 0 aliphatic rings. The molecule has 0 fully saturated rings. The molecular weight excluding hydrogens is 533 g/mol. The first kappa shape index (κ1) is 16.7. The summed E-state index contributed by atoms with van der Waals surface area (Å²) in [5.41, 5.74) is 0.876. The van der Waals surface area contributed by atoms with E-state index in [9.17, 15) is 5.11 Å². The Morgan fingerprint density at radius 1 is 1.24 bits per heavy atom. The van der Waals surface area contributed by atoms with E-state index in [-0.39, 0.29) is 11.5 Å². The molecule has 0 bridgehead atoms. The van der Waals surface area contributed by atoms with Crippen molar-refractivity contribution in [3.8, 4) is 0 Å². The number of hydrogen-bond donors (Lipinski definition) is 1. The van der Waals surface area contributed by atoms with Crippen LogP contribution in [0.4, 0.5) is 0 Å². The summed E-state index contributed by atoms with van der Waals surface area (Å²) >= 11 is 5.91. The Hall–Kier alpha value is -2.39. The average molecular weight is 553 g/mol. The van der Waals surface area contributed by atoms with Crippen molar-refractivity contribution in [3.63, 3.8) is 0 Å². The standard InChI is InChI=1S/C15H20ClN3O.No/c1-15(2,3)14(20)13(19-10-17-9-18-19)8-11-4-6-12(16)7-5-11;/h4-7,9-10,13-14,20H,8H2,1-3H3;/t13-,14+;/m0./s1. The summed E-state index contributed by atoms with van der Waals surface area (Å²) in [6, 6.07) is 7.51. The number of aliphatic hydroxyl groups is 1. The molecule has 2 rings (SSSR count). The number of nitrogens with zero attached hydrogens (tertiary/aromatic N) is 3. The average Bonchev–Trinajstić information content (AvgIpc) is 2.90. The van der Waals surface area contributed by atoms with Crippen LogP contribution in [0.1, 0.15) is 32.4 Å². The van der Waals surface area contributed by atoms with Gasteiger partial charge in [0.2, 0.25) is 0 Å². The molecule has 21 heavy (non-hydrogen) atoms. The van der Waals surface area contributed by atoms with Gasteiger partial charge in [0, 0.05) is 5.02 Å². The van der Waals surface area contributed by atoms with Crippen molar-refractivity contribution >= 4 is 11.6 Å². The van der Waals surface area contributed by atoms with Gasteiger partial charge >= 0.3 is 0 Å². The third kappa shape index (κ3) is 4.04. The van der Waals surface area contributed by atoms with E-state index in [4.69, 9.17) is 11.6 Å². The van der Waals surface area contributed by atoms with Crippen molar-refractivity contribution in [2.75, 3.05) is 0 Å². The predicted octanol–water partition coefficient (Wildman–Crippen LogP) is 3.12. The predicted molar refractivity (Wildman–Crippen MR) is 79.7 cm³/mol. The fourth-order valence-corrected chi connectivity index (χ4v) is 2.30. The second-order valence-corrected chi connectivity index (χ2v) is 6.52. The first-order valence-electron chi connectivity index (χ1n) is 6.64. The molecule has 0 aliphatic heterocycles. The molecule has 6 heteroatoms. The second-order valence-electron chi connectivity index (χ2n) is 6.08. The molecule has 2 aromatic rings. The number of halogens is 1. The van der Waals surface area contributed by atoms with Crippen LogP contribution >= 0.6 is 11.6 Å². The van der Waals surface area contributed by atoms with Gasteiger partial charge in [0.1, 0.15) is 12.7 Å². The van der Waals surface area contributed by atoms with Gasteiger partial charge in [0.05, 0.1) is 12.1 Å². The monoisotopic (exact) mass is 552 g/mol. The van der Waals surface area contributed by atoms with Crippen molar-refractivity contribution in [2.45, 2.75) is 39.3 Å². The molecule has 1 N–H and O–H groups in total. The molecule has 1 aromatic heterocycles. The summed E-state index contributed by atoms with van der Waals surface area (Å²) in [6.45, 7) is 6.05. The quantitative estimate of drug-likeness (QED) is 0.634. The summed E-state index contributed by atoms with van der Waals surface area (Å²) in [5.74, 6) is 0. The maximum atomic E-state index is 10.6. The van der Waals surface area contributed by atoms with E-state index in [0.29, 0.717) is 11.4 Å². The summed E-state index contributed by atoms with van der Waals surface area (Å²) in [4.78, 5) is 3.98. The molecule has 0 saturated carbocycles. The number of aliphatic hydroxyl groups excluding tert-OH is 1. The Bertz CT molecular complexity index is 537.